The highest BCUT2D eigenvalue weighted by Crippen LogP contribution is 2.31. The first-order valence-corrected chi connectivity index (χ1v) is 9.70. The number of rotatable bonds is 7. The summed E-state index contributed by atoms with van der Waals surface area (Å²) in [5.41, 5.74) is 3.31. The number of hydrogen-bond donors (Lipinski definition) is 2. The molecule has 0 bridgehead atoms. The van der Waals surface area contributed by atoms with E-state index in [-0.39, 0.29) is 5.91 Å². The number of morpholine rings is 1. The molecule has 0 atom stereocenters. The van der Waals surface area contributed by atoms with Crippen molar-refractivity contribution in [2.24, 2.45) is 0 Å². The van der Waals surface area contributed by atoms with Gasteiger partial charge in [-0.15, -0.1) is 0 Å². The molecule has 2 heterocycles. The third-order valence-electron chi connectivity index (χ3n) is 4.94. The molecule has 4 rings (SSSR count). The van der Waals surface area contributed by atoms with Crippen molar-refractivity contribution in [2.45, 2.75) is 6.42 Å². The van der Waals surface area contributed by atoms with Crippen LogP contribution in [0.5, 0.6) is 5.75 Å². The van der Waals surface area contributed by atoms with Crippen LogP contribution in [0.4, 0.5) is 11.4 Å². The fourth-order valence-electron chi connectivity index (χ4n) is 3.39. The molecular weight excluding hydrogens is 354 g/mol. The third-order valence-corrected chi connectivity index (χ3v) is 4.94. The van der Waals surface area contributed by atoms with Crippen molar-refractivity contribution in [3.8, 4) is 5.75 Å². The monoisotopic (exact) mass is 379 g/mol. The SMILES string of the molecule is O=C1Nc2ccccc2/C1=C\Nc1ccc(OCCCN2CCOCC2)cc1. The van der Waals surface area contributed by atoms with Crippen LogP contribution in [0.1, 0.15) is 12.0 Å². The molecule has 2 aromatic rings. The highest BCUT2D eigenvalue weighted by Gasteiger charge is 2.23. The molecule has 6 heteroatoms. The Balaban J connectivity index is 1.26. The summed E-state index contributed by atoms with van der Waals surface area (Å²) in [6.45, 7) is 5.43. The predicted molar refractivity (Wildman–Crippen MR) is 110 cm³/mol. The number of nitrogens with one attached hydrogen (secondary N) is 2. The van der Waals surface area contributed by atoms with E-state index in [0.717, 1.165) is 62.0 Å². The van der Waals surface area contributed by atoms with Crippen LogP contribution in [-0.4, -0.2) is 50.3 Å². The largest absolute Gasteiger partial charge is 0.494 e. The number of ether oxygens (including phenoxy) is 2. The number of anilines is 2. The van der Waals surface area contributed by atoms with E-state index in [1.165, 1.54) is 0 Å². The summed E-state index contributed by atoms with van der Waals surface area (Å²) in [5, 5.41) is 6.07. The van der Waals surface area contributed by atoms with Crippen LogP contribution < -0.4 is 15.4 Å². The highest BCUT2D eigenvalue weighted by molar-refractivity contribution is 6.31. The van der Waals surface area contributed by atoms with E-state index in [2.05, 4.69) is 15.5 Å². The average Bonchev–Trinajstić information content (AvgIpc) is 3.06. The summed E-state index contributed by atoms with van der Waals surface area (Å²) in [6.07, 6.45) is 2.75. The number of carbonyl (C=O) groups excluding carboxylic acids is 1. The maximum Gasteiger partial charge on any atom is 0.257 e. The standard InChI is InChI=1S/C22H25N3O3/c26-22-20(19-4-1-2-5-21(19)24-22)16-23-17-6-8-18(9-7-17)28-13-3-10-25-11-14-27-15-12-25/h1-2,4-9,16,23H,3,10-15H2,(H,24,26)/b20-16+. The Bertz CT molecular complexity index is 842. The van der Waals surface area contributed by atoms with Crippen molar-refractivity contribution >= 4 is 22.9 Å². The van der Waals surface area contributed by atoms with Crippen molar-refractivity contribution in [3.05, 3.63) is 60.3 Å². The van der Waals surface area contributed by atoms with Gasteiger partial charge in [-0.25, -0.2) is 0 Å². The second-order valence-electron chi connectivity index (χ2n) is 6.88. The van der Waals surface area contributed by atoms with Gasteiger partial charge in [0, 0.05) is 42.8 Å². The van der Waals surface area contributed by atoms with Crippen molar-refractivity contribution in [1.29, 1.82) is 0 Å². The van der Waals surface area contributed by atoms with Crippen LogP contribution in [0.25, 0.3) is 5.57 Å². The van der Waals surface area contributed by atoms with Gasteiger partial charge in [0.1, 0.15) is 5.75 Å². The molecule has 2 aliphatic rings. The number of para-hydroxylation sites is 1. The Morgan fingerprint density at radius 3 is 2.71 bits per heavy atom. The summed E-state index contributed by atoms with van der Waals surface area (Å²) in [4.78, 5) is 14.5. The van der Waals surface area contributed by atoms with E-state index in [1.807, 2.05) is 48.5 Å². The number of nitrogens with zero attached hydrogens (tertiary/aromatic N) is 1. The lowest BCUT2D eigenvalue weighted by Gasteiger charge is -2.26. The van der Waals surface area contributed by atoms with Gasteiger partial charge in [-0.2, -0.15) is 0 Å². The first-order valence-electron chi connectivity index (χ1n) is 9.70. The van der Waals surface area contributed by atoms with Gasteiger partial charge < -0.3 is 20.1 Å². The smallest absolute Gasteiger partial charge is 0.257 e. The lowest BCUT2D eigenvalue weighted by molar-refractivity contribution is -0.110. The Morgan fingerprint density at radius 2 is 1.89 bits per heavy atom. The number of benzene rings is 2. The van der Waals surface area contributed by atoms with Gasteiger partial charge in [0.2, 0.25) is 0 Å². The van der Waals surface area contributed by atoms with Crippen LogP contribution in [0.2, 0.25) is 0 Å². The second kappa shape index (κ2) is 8.91. The Hall–Kier alpha value is -2.83. The zero-order valence-corrected chi connectivity index (χ0v) is 15.8. The van der Waals surface area contributed by atoms with Gasteiger partial charge in [0.15, 0.2) is 0 Å². The average molecular weight is 379 g/mol. The fourth-order valence-corrected chi connectivity index (χ4v) is 3.39. The molecule has 0 aliphatic carbocycles. The topological polar surface area (TPSA) is 62.8 Å². The van der Waals surface area contributed by atoms with Crippen molar-refractivity contribution in [1.82, 2.24) is 4.90 Å². The molecule has 0 radical (unpaired) electrons. The lowest BCUT2D eigenvalue weighted by Crippen LogP contribution is -2.37. The summed E-state index contributed by atoms with van der Waals surface area (Å²) in [7, 11) is 0. The summed E-state index contributed by atoms with van der Waals surface area (Å²) >= 11 is 0. The van der Waals surface area contributed by atoms with Crippen LogP contribution >= 0.6 is 0 Å². The molecular formula is C22H25N3O3. The molecule has 0 aromatic heterocycles. The number of amides is 1. The second-order valence-corrected chi connectivity index (χ2v) is 6.88. The van der Waals surface area contributed by atoms with E-state index in [9.17, 15) is 4.79 Å². The molecule has 2 aliphatic heterocycles. The molecule has 0 unspecified atom stereocenters. The van der Waals surface area contributed by atoms with Gasteiger partial charge in [0.25, 0.3) is 5.91 Å². The van der Waals surface area contributed by atoms with Gasteiger partial charge in [-0.3, -0.25) is 9.69 Å². The fraction of sp³-hybridized carbons (Fsp3) is 0.318. The van der Waals surface area contributed by atoms with Crippen molar-refractivity contribution in [2.75, 3.05) is 50.1 Å². The summed E-state index contributed by atoms with van der Waals surface area (Å²) in [5.74, 6) is 0.762. The van der Waals surface area contributed by atoms with Crippen LogP contribution in [0.3, 0.4) is 0 Å². The van der Waals surface area contributed by atoms with Gasteiger partial charge >= 0.3 is 0 Å². The molecule has 1 saturated heterocycles. The molecule has 2 aromatic carbocycles. The van der Waals surface area contributed by atoms with Crippen LogP contribution in [0.15, 0.2) is 54.7 Å². The number of fused-ring (bicyclic) bond motifs is 1. The minimum absolute atomic E-state index is 0.0890. The van der Waals surface area contributed by atoms with Crippen molar-refractivity contribution in [3.63, 3.8) is 0 Å². The zero-order valence-electron chi connectivity index (χ0n) is 15.8. The van der Waals surface area contributed by atoms with Crippen LogP contribution in [0, 0.1) is 0 Å². The Morgan fingerprint density at radius 1 is 1.11 bits per heavy atom. The molecule has 146 valence electrons. The Kier molecular flexibility index (Phi) is 5.89. The predicted octanol–water partition coefficient (Wildman–Crippen LogP) is 3.19. The molecule has 28 heavy (non-hydrogen) atoms. The lowest BCUT2D eigenvalue weighted by atomic mass is 10.1. The highest BCUT2D eigenvalue weighted by atomic mass is 16.5. The molecule has 0 spiro atoms. The van der Waals surface area contributed by atoms with Gasteiger partial charge in [-0.05, 0) is 36.8 Å². The van der Waals surface area contributed by atoms with Crippen molar-refractivity contribution < 1.29 is 14.3 Å². The minimum Gasteiger partial charge on any atom is -0.494 e. The van der Waals surface area contributed by atoms with E-state index in [1.54, 1.807) is 6.20 Å². The van der Waals surface area contributed by atoms with E-state index in [4.69, 9.17) is 9.47 Å². The quantitative estimate of drug-likeness (QED) is 0.571. The van der Waals surface area contributed by atoms with E-state index >= 15 is 0 Å². The number of hydrogen-bond acceptors (Lipinski definition) is 5. The minimum atomic E-state index is -0.0890. The van der Waals surface area contributed by atoms with Gasteiger partial charge in [-0.1, -0.05) is 18.2 Å². The first kappa shape index (κ1) is 18.5. The third kappa shape index (κ3) is 4.52. The molecule has 2 N–H and O–H groups in total. The molecule has 1 amide bonds. The molecule has 6 nitrogen and oxygen atoms in total. The molecule has 1 fully saturated rings. The van der Waals surface area contributed by atoms with E-state index in [0.29, 0.717) is 12.2 Å². The normalized spacial score (nSPS) is 18.0. The maximum absolute atomic E-state index is 12.1. The van der Waals surface area contributed by atoms with Gasteiger partial charge in [0.05, 0.1) is 25.4 Å². The number of carbonyl (C=O) groups is 1. The molecule has 0 saturated carbocycles. The summed E-state index contributed by atoms with van der Waals surface area (Å²) < 4.78 is 11.2. The first-order chi connectivity index (χ1) is 13.8. The zero-order chi connectivity index (χ0) is 19.2. The van der Waals surface area contributed by atoms with E-state index < -0.39 is 0 Å². The Labute approximate surface area is 165 Å². The summed E-state index contributed by atoms with van der Waals surface area (Å²) in [6, 6.07) is 15.5. The van der Waals surface area contributed by atoms with Crippen LogP contribution in [-0.2, 0) is 9.53 Å². The maximum atomic E-state index is 12.1.